The van der Waals surface area contributed by atoms with E-state index in [1.165, 1.54) is 12.8 Å². The first-order valence-corrected chi connectivity index (χ1v) is 5.81. The van der Waals surface area contributed by atoms with Gasteiger partial charge in [0.05, 0.1) is 6.26 Å². The van der Waals surface area contributed by atoms with Gasteiger partial charge in [-0.05, 0) is 18.8 Å². The predicted octanol–water partition coefficient (Wildman–Crippen LogP) is 0.741. The Bertz CT molecular complexity index is 206. The Kier molecular flexibility index (Phi) is 2.90. The molecule has 0 aromatic heterocycles. The van der Waals surface area contributed by atoms with Crippen molar-refractivity contribution in [3.63, 3.8) is 0 Å². The molecule has 1 saturated carbocycles. The molecule has 3 nitrogen and oxygen atoms in total. The summed E-state index contributed by atoms with van der Waals surface area (Å²) in [6.45, 7) is 0.481. The second-order valence-corrected chi connectivity index (χ2v) is 4.90. The first-order valence-electron chi connectivity index (χ1n) is 3.97. The lowest BCUT2D eigenvalue weighted by molar-refractivity contribution is 0.576. The molecule has 1 aliphatic rings. The highest BCUT2D eigenvalue weighted by molar-refractivity contribution is 7.88. The minimum atomic E-state index is -3.08. The van der Waals surface area contributed by atoms with Crippen LogP contribution in [0.1, 0.15) is 25.7 Å². The van der Waals surface area contributed by atoms with E-state index in [4.69, 9.17) is 0 Å². The van der Waals surface area contributed by atoms with Crippen LogP contribution in [0.5, 0.6) is 0 Å². The van der Waals surface area contributed by atoms with Crippen LogP contribution in [-0.4, -0.2) is 21.2 Å². The molecular formula is C7H14NO2S. The molecule has 0 N–H and O–H groups in total. The van der Waals surface area contributed by atoms with Crippen LogP contribution in [0.4, 0.5) is 0 Å². The number of nitrogens with zero attached hydrogens (tertiary/aromatic N) is 1. The molecule has 1 rings (SSSR count). The van der Waals surface area contributed by atoms with E-state index in [0.29, 0.717) is 6.54 Å². The SMILES string of the molecule is CS(=O)(=O)[N]CCCC1CC1. The third-order valence-electron chi connectivity index (χ3n) is 1.79. The molecule has 0 aliphatic heterocycles. The Morgan fingerprint density at radius 1 is 1.45 bits per heavy atom. The molecule has 1 fully saturated rings. The maximum atomic E-state index is 10.5. The molecule has 0 spiro atoms. The van der Waals surface area contributed by atoms with E-state index in [1.807, 2.05) is 0 Å². The van der Waals surface area contributed by atoms with Crippen LogP contribution < -0.4 is 4.72 Å². The lowest BCUT2D eigenvalue weighted by Crippen LogP contribution is -2.15. The van der Waals surface area contributed by atoms with Crippen LogP contribution in [0.25, 0.3) is 0 Å². The Hall–Kier alpha value is -0.0900. The van der Waals surface area contributed by atoms with Gasteiger partial charge in [-0.1, -0.05) is 12.8 Å². The zero-order chi connectivity index (χ0) is 8.32. The summed E-state index contributed by atoms with van der Waals surface area (Å²) < 4.78 is 24.6. The van der Waals surface area contributed by atoms with Crippen molar-refractivity contribution in [1.82, 2.24) is 4.72 Å². The number of rotatable bonds is 5. The summed E-state index contributed by atoms with van der Waals surface area (Å²) in [7, 11) is -3.08. The normalized spacial score (nSPS) is 18.6. The van der Waals surface area contributed by atoms with Crippen molar-refractivity contribution in [1.29, 1.82) is 0 Å². The standard InChI is InChI=1S/C7H14NO2S/c1-11(9,10)8-6-2-3-7-4-5-7/h7H,2-6H2,1H3. The second kappa shape index (κ2) is 3.54. The van der Waals surface area contributed by atoms with Crippen LogP contribution in [0.15, 0.2) is 0 Å². The fourth-order valence-electron chi connectivity index (χ4n) is 1.02. The topological polar surface area (TPSA) is 48.2 Å². The van der Waals surface area contributed by atoms with Gasteiger partial charge < -0.3 is 0 Å². The summed E-state index contributed by atoms with van der Waals surface area (Å²) in [4.78, 5) is 0. The molecule has 0 saturated heterocycles. The fourth-order valence-corrected chi connectivity index (χ4v) is 1.48. The zero-order valence-corrected chi connectivity index (χ0v) is 7.60. The zero-order valence-electron chi connectivity index (χ0n) is 6.78. The molecule has 0 atom stereocenters. The molecule has 0 aromatic rings. The third-order valence-corrected chi connectivity index (χ3v) is 2.44. The highest BCUT2D eigenvalue weighted by Gasteiger charge is 2.20. The highest BCUT2D eigenvalue weighted by atomic mass is 32.2. The molecule has 0 aromatic carbocycles. The molecule has 0 bridgehead atoms. The summed E-state index contributed by atoms with van der Waals surface area (Å²) in [6, 6.07) is 0. The molecule has 65 valence electrons. The van der Waals surface area contributed by atoms with Crippen LogP contribution in [0.2, 0.25) is 0 Å². The van der Waals surface area contributed by atoms with Crippen molar-refractivity contribution in [3.05, 3.63) is 0 Å². The minimum Gasteiger partial charge on any atom is -0.211 e. The molecular weight excluding hydrogens is 162 g/mol. The van der Waals surface area contributed by atoms with Gasteiger partial charge in [0, 0.05) is 6.54 Å². The van der Waals surface area contributed by atoms with Gasteiger partial charge in [0.2, 0.25) is 10.0 Å². The largest absolute Gasteiger partial charge is 0.224 e. The van der Waals surface area contributed by atoms with E-state index in [-0.39, 0.29) is 0 Å². The third kappa shape index (κ3) is 5.21. The molecule has 11 heavy (non-hydrogen) atoms. The average Bonchev–Trinajstić information content (AvgIpc) is 2.60. The van der Waals surface area contributed by atoms with Gasteiger partial charge in [0.1, 0.15) is 0 Å². The van der Waals surface area contributed by atoms with E-state index in [2.05, 4.69) is 4.72 Å². The molecule has 4 heteroatoms. The van der Waals surface area contributed by atoms with Gasteiger partial charge >= 0.3 is 0 Å². The predicted molar refractivity (Wildman–Crippen MR) is 43.8 cm³/mol. The molecule has 0 unspecified atom stereocenters. The Morgan fingerprint density at radius 2 is 2.09 bits per heavy atom. The van der Waals surface area contributed by atoms with Crippen molar-refractivity contribution < 1.29 is 8.42 Å². The van der Waals surface area contributed by atoms with Crippen molar-refractivity contribution in [2.75, 3.05) is 12.8 Å². The molecule has 1 radical (unpaired) electrons. The molecule has 0 heterocycles. The maximum Gasteiger partial charge on any atom is 0.224 e. The van der Waals surface area contributed by atoms with Gasteiger partial charge in [0.15, 0.2) is 0 Å². The van der Waals surface area contributed by atoms with Gasteiger partial charge in [-0.3, -0.25) is 0 Å². The molecule has 0 amide bonds. The Balaban J connectivity index is 1.95. The first kappa shape index (κ1) is 9.00. The van der Waals surface area contributed by atoms with Crippen LogP contribution in [-0.2, 0) is 10.0 Å². The monoisotopic (exact) mass is 176 g/mol. The number of sulfonamides is 1. The van der Waals surface area contributed by atoms with Crippen LogP contribution in [0, 0.1) is 5.92 Å². The fraction of sp³-hybridized carbons (Fsp3) is 1.00. The van der Waals surface area contributed by atoms with Gasteiger partial charge in [0.25, 0.3) is 0 Å². The van der Waals surface area contributed by atoms with Crippen molar-refractivity contribution in [2.45, 2.75) is 25.7 Å². The van der Waals surface area contributed by atoms with Crippen LogP contribution in [0.3, 0.4) is 0 Å². The van der Waals surface area contributed by atoms with E-state index >= 15 is 0 Å². The smallest absolute Gasteiger partial charge is 0.211 e. The van der Waals surface area contributed by atoms with E-state index in [1.54, 1.807) is 0 Å². The summed E-state index contributed by atoms with van der Waals surface area (Å²) in [5, 5.41) is 0. The van der Waals surface area contributed by atoms with Crippen molar-refractivity contribution in [2.24, 2.45) is 5.92 Å². The summed E-state index contributed by atoms with van der Waals surface area (Å²) in [5.41, 5.74) is 0. The van der Waals surface area contributed by atoms with Crippen molar-refractivity contribution >= 4 is 10.0 Å². The Morgan fingerprint density at radius 3 is 2.55 bits per heavy atom. The first-order chi connectivity index (χ1) is 5.08. The summed E-state index contributed by atoms with van der Waals surface area (Å²) >= 11 is 0. The Labute approximate surface area is 68.2 Å². The summed E-state index contributed by atoms with van der Waals surface area (Å²) in [5.74, 6) is 0.879. The maximum absolute atomic E-state index is 10.5. The van der Waals surface area contributed by atoms with E-state index in [0.717, 1.165) is 25.0 Å². The van der Waals surface area contributed by atoms with E-state index < -0.39 is 10.0 Å². The highest BCUT2D eigenvalue weighted by Crippen LogP contribution is 2.33. The average molecular weight is 176 g/mol. The van der Waals surface area contributed by atoms with Gasteiger partial charge in [-0.15, -0.1) is 4.72 Å². The molecule has 1 aliphatic carbocycles. The van der Waals surface area contributed by atoms with Crippen LogP contribution >= 0.6 is 0 Å². The second-order valence-electron chi connectivity index (χ2n) is 3.17. The summed E-state index contributed by atoms with van der Waals surface area (Å²) in [6.07, 6.45) is 5.89. The minimum absolute atomic E-state index is 0.481. The van der Waals surface area contributed by atoms with Gasteiger partial charge in [-0.25, -0.2) is 8.42 Å². The number of hydrogen-bond acceptors (Lipinski definition) is 2. The quantitative estimate of drug-likeness (QED) is 0.580. The number of hydrogen-bond donors (Lipinski definition) is 0. The van der Waals surface area contributed by atoms with E-state index in [9.17, 15) is 8.42 Å². The van der Waals surface area contributed by atoms with Crippen molar-refractivity contribution in [3.8, 4) is 0 Å². The lowest BCUT2D eigenvalue weighted by Gasteiger charge is -1.97. The lowest BCUT2D eigenvalue weighted by atomic mass is 10.2. The van der Waals surface area contributed by atoms with Gasteiger partial charge in [-0.2, -0.15) is 0 Å².